The summed E-state index contributed by atoms with van der Waals surface area (Å²) in [6.07, 6.45) is 1.67. The molecular formula is C13H16N4O2. The third kappa shape index (κ3) is 3.97. The second-order valence-corrected chi connectivity index (χ2v) is 3.97. The van der Waals surface area contributed by atoms with Crippen LogP contribution in [0, 0.1) is 0 Å². The zero-order chi connectivity index (χ0) is 13.5. The van der Waals surface area contributed by atoms with Gasteiger partial charge in [-0.3, -0.25) is 9.78 Å². The van der Waals surface area contributed by atoms with Gasteiger partial charge in [0.05, 0.1) is 12.3 Å². The molecule has 0 radical (unpaired) electrons. The highest BCUT2D eigenvalue weighted by Gasteiger charge is 2.04. The predicted molar refractivity (Wildman–Crippen MR) is 71.7 cm³/mol. The Labute approximate surface area is 110 Å². The van der Waals surface area contributed by atoms with E-state index in [1.165, 1.54) is 6.07 Å². The van der Waals surface area contributed by atoms with Crippen molar-refractivity contribution in [1.82, 2.24) is 20.3 Å². The van der Waals surface area contributed by atoms with Gasteiger partial charge in [0.2, 0.25) is 0 Å². The first-order valence-corrected chi connectivity index (χ1v) is 6.01. The molecule has 6 heteroatoms. The number of nitrogens with one attached hydrogen (secondary N) is 2. The highest BCUT2D eigenvalue weighted by molar-refractivity contribution is 5.47. The van der Waals surface area contributed by atoms with Crippen molar-refractivity contribution in [2.45, 2.75) is 6.54 Å². The van der Waals surface area contributed by atoms with Crippen LogP contribution in [0.5, 0.6) is 0 Å². The van der Waals surface area contributed by atoms with Crippen molar-refractivity contribution in [2.24, 2.45) is 0 Å². The Morgan fingerprint density at radius 2 is 2.32 bits per heavy atom. The van der Waals surface area contributed by atoms with Crippen LogP contribution >= 0.6 is 0 Å². The number of H-pyrrole nitrogens is 1. The molecule has 0 aromatic carbocycles. The SMILES string of the molecule is COCCNCc1cc(=O)[nH]c(-c2ccccn2)n1. The molecule has 0 aliphatic heterocycles. The quantitative estimate of drug-likeness (QED) is 0.742. The van der Waals surface area contributed by atoms with Gasteiger partial charge in [0.25, 0.3) is 5.56 Å². The lowest BCUT2D eigenvalue weighted by atomic mass is 10.3. The van der Waals surface area contributed by atoms with Crippen LogP contribution in [0.15, 0.2) is 35.3 Å². The van der Waals surface area contributed by atoms with E-state index in [2.05, 4.69) is 20.3 Å². The largest absolute Gasteiger partial charge is 0.383 e. The molecule has 2 N–H and O–H groups in total. The number of hydrogen-bond acceptors (Lipinski definition) is 5. The van der Waals surface area contributed by atoms with E-state index >= 15 is 0 Å². The number of rotatable bonds is 6. The molecule has 0 fully saturated rings. The van der Waals surface area contributed by atoms with E-state index in [0.29, 0.717) is 36.9 Å². The topological polar surface area (TPSA) is 79.9 Å². The van der Waals surface area contributed by atoms with E-state index in [0.717, 1.165) is 0 Å². The Kier molecular flexibility index (Phi) is 4.77. The molecule has 6 nitrogen and oxygen atoms in total. The Balaban J connectivity index is 2.14. The summed E-state index contributed by atoms with van der Waals surface area (Å²) in [6.45, 7) is 1.85. The maximum absolute atomic E-state index is 11.6. The van der Waals surface area contributed by atoms with Gasteiger partial charge < -0.3 is 15.0 Å². The Morgan fingerprint density at radius 3 is 3.05 bits per heavy atom. The van der Waals surface area contributed by atoms with Crippen molar-refractivity contribution in [3.63, 3.8) is 0 Å². The minimum absolute atomic E-state index is 0.181. The molecule has 0 aliphatic carbocycles. The number of pyridine rings is 1. The molecule has 2 aromatic heterocycles. The second kappa shape index (κ2) is 6.77. The zero-order valence-corrected chi connectivity index (χ0v) is 10.7. The number of aromatic nitrogens is 3. The molecule has 0 bridgehead atoms. The summed E-state index contributed by atoms with van der Waals surface area (Å²) in [4.78, 5) is 22.8. The molecule has 0 atom stereocenters. The average molecular weight is 260 g/mol. The molecule has 0 aliphatic rings. The maximum atomic E-state index is 11.6. The van der Waals surface area contributed by atoms with Gasteiger partial charge in [0, 0.05) is 32.5 Å². The van der Waals surface area contributed by atoms with Crippen molar-refractivity contribution in [2.75, 3.05) is 20.3 Å². The van der Waals surface area contributed by atoms with Crippen LogP contribution in [-0.2, 0) is 11.3 Å². The van der Waals surface area contributed by atoms with Gasteiger partial charge in [-0.1, -0.05) is 6.07 Å². The Morgan fingerprint density at radius 1 is 1.42 bits per heavy atom. The summed E-state index contributed by atoms with van der Waals surface area (Å²) in [7, 11) is 1.65. The normalized spacial score (nSPS) is 10.6. The van der Waals surface area contributed by atoms with Gasteiger partial charge in [0.1, 0.15) is 5.69 Å². The van der Waals surface area contributed by atoms with Gasteiger partial charge in [-0.25, -0.2) is 4.98 Å². The number of ether oxygens (including phenoxy) is 1. The Bertz CT molecular complexity index is 568. The highest BCUT2D eigenvalue weighted by atomic mass is 16.5. The van der Waals surface area contributed by atoms with Crippen molar-refractivity contribution >= 4 is 0 Å². The number of aromatic amines is 1. The van der Waals surface area contributed by atoms with Crippen LogP contribution in [0.2, 0.25) is 0 Å². The third-order valence-corrected chi connectivity index (χ3v) is 2.49. The molecule has 100 valence electrons. The van der Waals surface area contributed by atoms with E-state index in [4.69, 9.17) is 4.74 Å². The molecule has 0 spiro atoms. The molecule has 0 saturated heterocycles. The first-order chi connectivity index (χ1) is 9.29. The van der Waals surface area contributed by atoms with Crippen molar-refractivity contribution < 1.29 is 4.74 Å². The zero-order valence-electron chi connectivity index (χ0n) is 10.7. The predicted octanol–water partition coefficient (Wildman–Crippen LogP) is 0.568. The average Bonchev–Trinajstić information content (AvgIpc) is 2.44. The number of methoxy groups -OCH3 is 1. The van der Waals surface area contributed by atoms with E-state index in [1.54, 1.807) is 19.4 Å². The van der Waals surface area contributed by atoms with Gasteiger partial charge in [-0.15, -0.1) is 0 Å². The lowest BCUT2D eigenvalue weighted by Crippen LogP contribution is -2.21. The minimum atomic E-state index is -0.181. The van der Waals surface area contributed by atoms with Crippen LogP contribution in [0.1, 0.15) is 5.69 Å². The summed E-state index contributed by atoms with van der Waals surface area (Å²) in [6, 6.07) is 6.95. The van der Waals surface area contributed by atoms with Gasteiger partial charge >= 0.3 is 0 Å². The molecule has 2 aromatic rings. The molecule has 0 saturated carbocycles. The summed E-state index contributed by atoms with van der Waals surface area (Å²) < 4.78 is 4.94. The number of hydrogen-bond donors (Lipinski definition) is 2. The molecule has 0 unspecified atom stereocenters. The highest BCUT2D eigenvalue weighted by Crippen LogP contribution is 2.08. The minimum Gasteiger partial charge on any atom is -0.383 e. The van der Waals surface area contributed by atoms with Crippen molar-refractivity contribution in [3.8, 4) is 11.5 Å². The molecular weight excluding hydrogens is 244 g/mol. The molecule has 19 heavy (non-hydrogen) atoms. The Hall–Kier alpha value is -2.05. The smallest absolute Gasteiger partial charge is 0.251 e. The monoisotopic (exact) mass is 260 g/mol. The number of nitrogens with zero attached hydrogens (tertiary/aromatic N) is 2. The lowest BCUT2D eigenvalue weighted by molar-refractivity contribution is 0.199. The summed E-state index contributed by atoms with van der Waals surface area (Å²) in [5.74, 6) is 0.483. The molecule has 2 rings (SSSR count). The molecule has 2 heterocycles. The van der Waals surface area contributed by atoms with E-state index < -0.39 is 0 Å². The fraction of sp³-hybridized carbons (Fsp3) is 0.308. The maximum Gasteiger partial charge on any atom is 0.251 e. The fourth-order valence-electron chi connectivity index (χ4n) is 1.61. The van der Waals surface area contributed by atoms with Crippen LogP contribution in [0.4, 0.5) is 0 Å². The molecule has 0 amide bonds. The standard InChI is InChI=1S/C13H16N4O2/c1-19-7-6-14-9-10-8-12(18)17-13(16-10)11-4-2-3-5-15-11/h2-5,8,14H,6-7,9H2,1H3,(H,16,17,18). The van der Waals surface area contributed by atoms with E-state index in [1.807, 2.05) is 12.1 Å². The van der Waals surface area contributed by atoms with E-state index in [-0.39, 0.29) is 5.56 Å². The third-order valence-electron chi connectivity index (χ3n) is 2.49. The summed E-state index contributed by atoms with van der Waals surface area (Å²) in [5.41, 5.74) is 1.15. The summed E-state index contributed by atoms with van der Waals surface area (Å²) in [5, 5.41) is 3.15. The fourth-order valence-corrected chi connectivity index (χ4v) is 1.61. The van der Waals surface area contributed by atoms with Gasteiger partial charge in [0.15, 0.2) is 5.82 Å². The van der Waals surface area contributed by atoms with Crippen molar-refractivity contribution in [1.29, 1.82) is 0 Å². The first kappa shape index (κ1) is 13.4. The van der Waals surface area contributed by atoms with Gasteiger partial charge in [-0.05, 0) is 12.1 Å². The first-order valence-electron chi connectivity index (χ1n) is 6.01. The van der Waals surface area contributed by atoms with E-state index in [9.17, 15) is 4.79 Å². The van der Waals surface area contributed by atoms with Crippen molar-refractivity contribution in [3.05, 3.63) is 46.5 Å². The lowest BCUT2D eigenvalue weighted by Gasteiger charge is -2.05. The summed E-state index contributed by atoms with van der Waals surface area (Å²) >= 11 is 0. The van der Waals surface area contributed by atoms with Gasteiger partial charge in [-0.2, -0.15) is 0 Å². The van der Waals surface area contributed by atoms with Crippen LogP contribution in [0.3, 0.4) is 0 Å². The second-order valence-electron chi connectivity index (χ2n) is 3.97. The van der Waals surface area contributed by atoms with Crippen LogP contribution < -0.4 is 10.9 Å². The van der Waals surface area contributed by atoms with Crippen LogP contribution in [-0.4, -0.2) is 35.2 Å². The van der Waals surface area contributed by atoms with Crippen LogP contribution in [0.25, 0.3) is 11.5 Å².